The van der Waals surface area contributed by atoms with E-state index in [4.69, 9.17) is 10.00 Å². The molecule has 0 unspecified atom stereocenters. The molecule has 3 nitrogen and oxygen atoms in total. The zero-order chi connectivity index (χ0) is 10.6. The zero-order valence-corrected chi connectivity index (χ0v) is 8.32. The summed E-state index contributed by atoms with van der Waals surface area (Å²) in [5.74, 6) is 1.05. The Morgan fingerprint density at radius 1 is 1.50 bits per heavy atom. The number of rotatable bonds is 3. The van der Waals surface area contributed by atoms with Gasteiger partial charge in [0.05, 0.1) is 12.2 Å². The van der Waals surface area contributed by atoms with Crippen molar-refractivity contribution >= 4 is 0 Å². The molecule has 0 saturated carbocycles. The van der Waals surface area contributed by atoms with Crippen LogP contribution >= 0.6 is 0 Å². The highest BCUT2D eigenvalue weighted by Crippen LogP contribution is 2.22. The quantitative estimate of drug-likeness (QED) is 0.797. The number of hydrogen-bond acceptors (Lipinski definition) is 3. The Labute approximate surface area is 83.6 Å². The summed E-state index contributed by atoms with van der Waals surface area (Å²) in [5, 5.41) is 17.9. The van der Waals surface area contributed by atoms with Crippen LogP contribution < -0.4 is 4.74 Å². The van der Waals surface area contributed by atoms with E-state index in [0.717, 1.165) is 0 Å². The number of nitrogens with zero attached hydrogens (tertiary/aromatic N) is 1. The van der Waals surface area contributed by atoms with Crippen LogP contribution in [-0.4, -0.2) is 11.7 Å². The van der Waals surface area contributed by atoms with Crippen LogP contribution in [0.4, 0.5) is 0 Å². The van der Waals surface area contributed by atoms with Crippen LogP contribution in [0.25, 0.3) is 0 Å². The van der Waals surface area contributed by atoms with Crippen LogP contribution in [-0.2, 0) is 0 Å². The number of nitriles is 1. The first-order chi connectivity index (χ1) is 6.63. The van der Waals surface area contributed by atoms with Gasteiger partial charge in [0.2, 0.25) is 0 Å². The van der Waals surface area contributed by atoms with Gasteiger partial charge < -0.3 is 9.84 Å². The lowest BCUT2D eigenvalue weighted by atomic mass is 10.2. The molecular formula is C11H13NO2. The molecule has 3 heteroatoms. The monoisotopic (exact) mass is 191 g/mol. The molecule has 0 aliphatic heterocycles. The van der Waals surface area contributed by atoms with Gasteiger partial charge in [0, 0.05) is 6.07 Å². The van der Waals surface area contributed by atoms with Gasteiger partial charge in [0.25, 0.3) is 0 Å². The molecule has 14 heavy (non-hydrogen) atoms. The summed E-state index contributed by atoms with van der Waals surface area (Å²) in [6.07, 6.45) is 0. The highest BCUT2D eigenvalue weighted by Gasteiger charge is 2.03. The van der Waals surface area contributed by atoms with E-state index in [1.165, 1.54) is 12.1 Å². The third-order valence-electron chi connectivity index (χ3n) is 1.67. The Balaban J connectivity index is 2.76. The van der Waals surface area contributed by atoms with Gasteiger partial charge in [-0.1, -0.05) is 13.8 Å². The molecule has 1 aromatic carbocycles. The van der Waals surface area contributed by atoms with Crippen molar-refractivity contribution in [3.63, 3.8) is 0 Å². The normalized spacial score (nSPS) is 9.86. The average molecular weight is 191 g/mol. The average Bonchev–Trinajstić information content (AvgIpc) is 2.16. The van der Waals surface area contributed by atoms with Gasteiger partial charge in [-0.15, -0.1) is 0 Å². The lowest BCUT2D eigenvalue weighted by Crippen LogP contribution is -2.04. The predicted octanol–water partition coefficient (Wildman–Crippen LogP) is 2.30. The van der Waals surface area contributed by atoms with E-state index in [1.54, 1.807) is 6.07 Å². The van der Waals surface area contributed by atoms with Crippen molar-refractivity contribution in [3.8, 4) is 17.6 Å². The highest BCUT2D eigenvalue weighted by atomic mass is 16.5. The Bertz CT molecular complexity index is 353. The first-order valence-corrected chi connectivity index (χ1v) is 4.49. The minimum atomic E-state index is -0.00982. The number of benzene rings is 1. The summed E-state index contributed by atoms with van der Waals surface area (Å²) in [5.41, 5.74) is 0.242. The molecule has 74 valence electrons. The van der Waals surface area contributed by atoms with Crippen molar-refractivity contribution in [1.29, 1.82) is 5.26 Å². The minimum Gasteiger partial charge on any atom is -0.507 e. The summed E-state index contributed by atoms with van der Waals surface area (Å²) < 4.78 is 5.40. The molecule has 1 aromatic rings. The Morgan fingerprint density at radius 2 is 2.21 bits per heavy atom. The van der Waals surface area contributed by atoms with Crippen molar-refractivity contribution in [3.05, 3.63) is 23.8 Å². The maximum absolute atomic E-state index is 9.23. The lowest BCUT2D eigenvalue weighted by Gasteiger charge is -2.08. The van der Waals surface area contributed by atoms with Crippen LogP contribution in [0.2, 0.25) is 0 Å². The van der Waals surface area contributed by atoms with E-state index < -0.39 is 0 Å². The third-order valence-corrected chi connectivity index (χ3v) is 1.67. The van der Waals surface area contributed by atoms with E-state index in [-0.39, 0.29) is 11.3 Å². The fourth-order valence-corrected chi connectivity index (χ4v) is 0.957. The first-order valence-electron chi connectivity index (χ1n) is 4.49. The summed E-state index contributed by atoms with van der Waals surface area (Å²) in [6.45, 7) is 4.70. The molecule has 1 N–H and O–H groups in total. The molecule has 0 atom stereocenters. The second-order valence-corrected chi connectivity index (χ2v) is 3.50. The number of aromatic hydroxyl groups is 1. The van der Waals surface area contributed by atoms with Crippen LogP contribution in [0.15, 0.2) is 18.2 Å². The van der Waals surface area contributed by atoms with Crippen molar-refractivity contribution in [1.82, 2.24) is 0 Å². The second kappa shape index (κ2) is 4.52. The first kappa shape index (κ1) is 10.4. The molecule has 1 rings (SSSR count). The van der Waals surface area contributed by atoms with Gasteiger partial charge in [0.15, 0.2) is 0 Å². The predicted molar refractivity (Wildman–Crippen MR) is 53.2 cm³/mol. The van der Waals surface area contributed by atoms with E-state index in [1.807, 2.05) is 19.9 Å². The Morgan fingerprint density at radius 3 is 2.79 bits per heavy atom. The Kier molecular flexibility index (Phi) is 3.35. The fourth-order valence-electron chi connectivity index (χ4n) is 0.957. The molecule has 0 spiro atoms. The smallest absolute Gasteiger partial charge is 0.133 e. The molecule has 0 fully saturated rings. The molecule has 0 aliphatic rings. The van der Waals surface area contributed by atoms with Gasteiger partial charge in [-0.25, -0.2) is 0 Å². The van der Waals surface area contributed by atoms with Crippen molar-refractivity contribution in [2.45, 2.75) is 13.8 Å². The van der Waals surface area contributed by atoms with Gasteiger partial charge in [-0.05, 0) is 18.1 Å². The van der Waals surface area contributed by atoms with Crippen molar-refractivity contribution in [2.24, 2.45) is 5.92 Å². The van der Waals surface area contributed by atoms with Crippen LogP contribution in [0, 0.1) is 17.2 Å². The van der Waals surface area contributed by atoms with Crippen molar-refractivity contribution < 1.29 is 9.84 Å². The highest BCUT2D eigenvalue weighted by molar-refractivity contribution is 5.46. The lowest BCUT2D eigenvalue weighted by molar-refractivity contribution is 0.270. The van der Waals surface area contributed by atoms with Crippen LogP contribution in [0.5, 0.6) is 11.5 Å². The standard InChI is InChI=1S/C11H13NO2/c1-8(2)7-14-10-3-4-11(13)9(5-10)6-12/h3-5,8,13H,7H2,1-2H3. The molecule has 0 bridgehead atoms. The topological polar surface area (TPSA) is 53.2 Å². The van der Waals surface area contributed by atoms with E-state index >= 15 is 0 Å². The van der Waals surface area contributed by atoms with E-state index in [2.05, 4.69) is 0 Å². The van der Waals surface area contributed by atoms with Crippen LogP contribution in [0.3, 0.4) is 0 Å². The van der Waals surface area contributed by atoms with E-state index in [0.29, 0.717) is 18.3 Å². The fraction of sp³-hybridized carbons (Fsp3) is 0.364. The van der Waals surface area contributed by atoms with Gasteiger partial charge in [-0.3, -0.25) is 0 Å². The maximum Gasteiger partial charge on any atom is 0.133 e. The molecule has 0 aromatic heterocycles. The molecule has 0 saturated heterocycles. The Hall–Kier alpha value is -1.69. The summed E-state index contributed by atoms with van der Waals surface area (Å²) in [6, 6.07) is 6.55. The minimum absolute atomic E-state index is 0.00982. The largest absolute Gasteiger partial charge is 0.507 e. The van der Waals surface area contributed by atoms with Gasteiger partial charge in [-0.2, -0.15) is 5.26 Å². The number of phenols is 1. The van der Waals surface area contributed by atoms with E-state index in [9.17, 15) is 5.11 Å². The second-order valence-electron chi connectivity index (χ2n) is 3.50. The summed E-state index contributed by atoms with van der Waals surface area (Å²) in [7, 11) is 0. The van der Waals surface area contributed by atoms with Crippen molar-refractivity contribution in [2.75, 3.05) is 6.61 Å². The van der Waals surface area contributed by atoms with Crippen LogP contribution in [0.1, 0.15) is 19.4 Å². The molecule has 0 amide bonds. The number of hydrogen-bond donors (Lipinski definition) is 1. The molecule has 0 heterocycles. The molecule has 0 aliphatic carbocycles. The van der Waals surface area contributed by atoms with Gasteiger partial charge in [0.1, 0.15) is 17.6 Å². The zero-order valence-electron chi connectivity index (χ0n) is 8.32. The summed E-state index contributed by atoms with van der Waals surface area (Å²) >= 11 is 0. The van der Waals surface area contributed by atoms with Gasteiger partial charge >= 0.3 is 0 Å². The number of phenolic OH excluding ortho intramolecular Hbond substituents is 1. The summed E-state index contributed by atoms with van der Waals surface area (Å²) in [4.78, 5) is 0. The third kappa shape index (κ3) is 2.67. The molecular weight excluding hydrogens is 178 g/mol. The SMILES string of the molecule is CC(C)COc1ccc(O)c(C#N)c1. The number of ether oxygens (including phenoxy) is 1. The molecule has 0 radical (unpaired) electrons. The maximum atomic E-state index is 9.23.